The standard InChI is InChI=1S/C2H3O.V/c1-2-3;/h2H,1H2;/q-1;. The van der Waals surface area contributed by atoms with Crippen LogP contribution in [0.25, 0.3) is 0 Å². The van der Waals surface area contributed by atoms with E-state index in [0.29, 0.717) is 6.29 Å². The van der Waals surface area contributed by atoms with Crippen LogP contribution in [0, 0.1) is 6.92 Å². The summed E-state index contributed by atoms with van der Waals surface area (Å²) in [5.74, 6) is 0. The third-order valence-electron chi connectivity index (χ3n) is 0. The van der Waals surface area contributed by atoms with E-state index >= 15 is 0 Å². The van der Waals surface area contributed by atoms with Gasteiger partial charge in [0.2, 0.25) is 0 Å². The van der Waals surface area contributed by atoms with Gasteiger partial charge in [0.1, 0.15) is 0 Å². The quantitative estimate of drug-likeness (QED) is 0.305. The minimum atomic E-state index is 0. The number of carbonyl (C=O) groups is 1. The maximum absolute atomic E-state index is 8.69. The van der Waals surface area contributed by atoms with Crippen molar-refractivity contribution in [2.24, 2.45) is 0 Å². The average Bonchev–Trinajstić information content (AvgIpc) is 0.918. The van der Waals surface area contributed by atoms with Gasteiger partial charge in [-0.25, -0.2) is 0 Å². The number of hydrogen-bond donors (Lipinski definition) is 0. The molecule has 0 aliphatic carbocycles. The Morgan fingerprint density at radius 2 is 1.75 bits per heavy atom. The Hall–Kier alpha value is 0.124. The Bertz CT molecular complexity index is 13.5. The smallest absolute Gasteiger partial charge is 0 e. The minimum absolute atomic E-state index is 0. The second-order valence-electron chi connectivity index (χ2n) is 0.167. The molecule has 0 atom stereocenters. The topological polar surface area (TPSA) is 17.1 Å². The Morgan fingerprint density at radius 3 is 1.75 bits per heavy atom. The second-order valence-corrected chi connectivity index (χ2v) is 0.167. The van der Waals surface area contributed by atoms with E-state index in [-0.39, 0.29) is 18.6 Å². The van der Waals surface area contributed by atoms with Gasteiger partial charge in [0, 0.05) is 18.6 Å². The molecule has 2 heteroatoms. The Morgan fingerprint density at radius 1 is 1.75 bits per heavy atom. The van der Waals surface area contributed by atoms with Gasteiger partial charge in [0.25, 0.3) is 0 Å². The van der Waals surface area contributed by atoms with E-state index in [2.05, 4.69) is 6.92 Å². The van der Waals surface area contributed by atoms with Crippen molar-refractivity contribution in [3.63, 3.8) is 0 Å². The summed E-state index contributed by atoms with van der Waals surface area (Å²) in [6, 6.07) is 0. The summed E-state index contributed by atoms with van der Waals surface area (Å²) in [6.07, 6.45) is 0.500. The zero-order valence-electron chi connectivity index (χ0n) is 2.14. The summed E-state index contributed by atoms with van der Waals surface area (Å²) in [5.41, 5.74) is 0. The fourth-order valence-corrected chi connectivity index (χ4v) is 0. The normalized spacial score (nSPS) is 3.00. The summed E-state index contributed by atoms with van der Waals surface area (Å²) in [6.45, 7) is 2.81. The van der Waals surface area contributed by atoms with Crippen molar-refractivity contribution < 1.29 is 23.4 Å². The van der Waals surface area contributed by atoms with E-state index in [4.69, 9.17) is 4.79 Å². The van der Waals surface area contributed by atoms with Crippen LogP contribution in [0.4, 0.5) is 0 Å². The molecule has 0 aromatic carbocycles. The zero-order chi connectivity index (χ0) is 2.71. The fraction of sp³-hybridized carbons (Fsp3) is 0. The van der Waals surface area contributed by atoms with E-state index in [1.807, 2.05) is 0 Å². The number of hydrogen-bond acceptors (Lipinski definition) is 1. The molecular formula is C2H3OV-. The Balaban J connectivity index is 0. The predicted octanol–water partition coefficient (Wildman–Crippen LogP) is 0.0169. The van der Waals surface area contributed by atoms with E-state index in [1.165, 1.54) is 0 Å². The molecule has 0 spiro atoms. The van der Waals surface area contributed by atoms with Crippen molar-refractivity contribution in [1.82, 2.24) is 0 Å². The number of rotatable bonds is 0. The summed E-state index contributed by atoms with van der Waals surface area (Å²) >= 11 is 0. The van der Waals surface area contributed by atoms with E-state index in [9.17, 15) is 0 Å². The van der Waals surface area contributed by atoms with Crippen molar-refractivity contribution in [2.45, 2.75) is 0 Å². The van der Waals surface area contributed by atoms with Gasteiger partial charge in [0.05, 0.1) is 0 Å². The van der Waals surface area contributed by atoms with Gasteiger partial charge in [-0.3, -0.25) is 0 Å². The third kappa shape index (κ3) is 174. The first-order valence-electron chi connectivity index (χ1n) is 0.644. The fourth-order valence-electron chi connectivity index (χ4n) is 0. The minimum Gasteiger partial charge on any atom is -0.343 e. The van der Waals surface area contributed by atoms with Gasteiger partial charge >= 0.3 is 0 Å². The molecule has 0 aromatic rings. The molecule has 0 unspecified atom stereocenters. The van der Waals surface area contributed by atoms with Crippen molar-refractivity contribution in [2.75, 3.05) is 0 Å². The van der Waals surface area contributed by atoms with Gasteiger partial charge in [-0.1, -0.05) is 0 Å². The number of aldehydes is 1. The van der Waals surface area contributed by atoms with Crippen LogP contribution < -0.4 is 0 Å². The molecule has 0 bridgehead atoms. The van der Waals surface area contributed by atoms with Crippen LogP contribution in [0.15, 0.2) is 0 Å². The summed E-state index contributed by atoms with van der Waals surface area (Å²) in [7, 11) is 0. The first-order chi connectivity index (χ1) is 1.41. The van der Waals surface area contributed by atoms with Crippen LogP contribution in [-0.2, 0) is 23.4 Å². The van der Waals surface area contributed by atoms with E-state index in [1.54, 1.807) is 0 Å². The van der Waals surface area contributed by atoms with Crippen LogP contribution in [0.2, 0.25) is 0 Å². The number of carbonyl (C=O) groups excluding carboxylic acids is 1. The van der Waals surface area contributed by atoms with Crippen LogP contribution in [0.5, 0.6) is 0 Å². The average molecular weight is 94.0 g/mol. The summed E-state index contributed by atoms with van der Waals surface area (Å²) in [4.78, 5) is 8.69. The first kappa shape index (κ1) is 8.92. The molecule has 0 saturated carbocycles. The summed E-state index contributed by atoms with van der Waals surface area (Å²) in [5, 5.41) is 0. The molecule has 0 saturated heterocycles. The molecule has 0 amide bonds. The maximum atomic E-state index is 8.69. The molecule has 23 valence electrons. The Kier molecular flexibility index (Phi) is 24.9. The van der Waals surface area contributed by atoms with Gasteiger partial charge in [-0.15, -0.1) is 0 Å². The zero-order valence-corrected chi connectivity index (χ0v) is 3.54. The molecule has 0 aliphatic heterocycles. The first-order valence-corrected chi connectivity index (χ1v) is 0.644. The van der Waals surface area contributed by atoms with E-state index < -0.39 is 0 Å². The maximum Gasteiger partial charge on any atom is 0 e. The van der Waals surface area contributed by atoms with Crippen LogP contribution >= 0.6 is 0 Å². The largest absolute Gasteiger partial charge is 0.343 e. The molecule has 0 fully saturated rings. The molecule has 1 radical (unpaired) electrons. The molecule has 0 heterocycles. The molecule has 0 N–H and O–H groups in total. The molecule has 0 rings (SSSR count). The van der Waals surface area contributed by atoms with Gasteiger partial charge < -0.3 is 11.7 Å². The molecule has 0 aliphatic rings. The second kappa shape index (κ2) is 11.2. The molecule has 1 nitrogen and oxygen atoms in total. The van der Waals surface area contributed by atoms with Crippen LogP contribution in [-0.4, -0.2) is 6.29 Å². The van der Waals surface area contributed by atoms with Crippen molar-refractivity contribution >= 4 is 6.29 Å². The predicted molar refractivity (Wildman–Crippen MR) is 11.4 cm³/mol. The molecule has 4 heavy (non-hydrogen) atoms. The van der Waals surface area contributed by atoms with Crippen molar-refractivity contribution in [3.8, 4) is 0 Å². The molecule has 0 aromatic heterocycles. The van der Waals surface area contributed by atoms with Crippen LogP contribution in [0.3, 0.4) is 0 Å². The summed E-state index contributed by atoms with van der Waals surface area (Å²) < 4.78 is 0. The van der Waals surface area contributed by atoms with Gasteiger partial charge in [0.15, 0.2) is 0 Å². The van der Waals surface area contributed by atoms with E-state index in [0.717, 1.165) is 0 Å². The van der Waals surface area contributed by atoms with Gasteiger partial charge in [-0.2, -0.15) is 0 Å². The third-order valence-corrected chi connectivity index (χ3v) is 0. The van der Waals surface area contributed by atoms with Crippen molar-refractivity contribution in [3.05, 3.63) is 6.92 Å². The monoisotopic (exact) mass is 94.0 g/mol. The SMILES string of the molecule is [CH2-]C=O.[V]. The molecular weight excluding hydrogens is 91.0 g/mol. The van der Waals surface area contributed by atoms with Crippen LogP contribution in [0.1, 0.15) is 0 Å². The Labute approximate surface area is 37.3 Å². The van der Waals surface area contributed by atoms with Gasteiger partial charge in [-0.05, 0) is 6.29 Å². The van der Waals surface area contributed by atoms with Crippen molar-refractivity contribution in [1.29, 1.82) is 0 Å².